The van der Waals surface area contributed by atoms with Gasteiger partial charge in [0.05, 0.1) is 6.61 Å². The molecule has 0 aliphatic heterocycles. The molecule has 0 radical (unpaired) electrons. The second kappa shape index (κ2) is 11.9. The van der Waals surface area contributed by atoms with E-state index in [1.807, 2.05) is 0 Å². The zero-order valence-electron chi connectivity index (χ0n) is 11.0. The highest BCUT2D eigenvalue weighted by molar-refractivity contribution is 7.54. The molecular formula is C10H21Cl4N2O2P. The van der Waals surface area contributed by atoms with Crippen molar-refractivity contribution in [2.75, 3.05) is 56.3 Å². The van der Waals surface area contributed by atoms with Crippen molar-refractivity contribution < 1.29 is 9.09 Å². The van der Waals surface area contributed by atoms with E-state index < -0.39 is 7.67 Å². The van der Waals surface area contributed by atoms with Crippen molar-refractivity contribution in [2.24, 2.45) is 0 Å². The van der Waals surface area contributed by atoms with Gasteiger partial charge in [-0.1, -0.05) is 0 Å². The molecule has 0 bridgehead atoms. The molecule has 0 N–H and O–H groups in total. The molecule has 0 aliphatic rings. The van der Waals surface area contributed by atoms with Crippen LogP contribution in [0.15, 0.2) is 0 Å². The van der Waals surface area contributed by atoms with Gasteiger partial charge in [0, 0.05) is 49.7 Å². The van der Waals surface area contributed by atoms with Crippen LogP contribution in [0.1, 0.15) is 6.92 Å². The van der Waals surface area contributed by atoms with Crippen LogP contribution < -0.4 is 0 Å². The molecule has 0 fully saturated rings. The van der Waals surface area contributed by atoms with Crippen molar-refractivity contribution in [3.05, 3.63) is 0 Å². The Hall–Kier alpha value is 1.27. The van der Waals surface area contributed by atoms with Crippen LogP contribution in [-0.4, -0.2) is 65.6 Å². The van der Waals surface area contributed by atoms with Crippen LogP contribution >= 0.6 is 54.1 Å². The van der Waals surface area contributed by atoms with Gasteiger partial charge in [-0.3, -0.25) is 4.57 Å². The maximum Gasteiger partial charge on any atom is 0.346 e. The normalized spacial score (nSPS) is 12.6. The van der Waals surface area contributed by atoms with Crippen LogP contribution in [0, 0.1) is 0 Å². The minimum Gasteiger partial charge on any atom is -0.306 e. The second-order valence-corrected chi connectivity index (χ2v) is 7.45. The fourth-order valence-corrected chi connectivity index (χ4v) is 5.35. The molecule has 0 aromatic carbocycles. The van der Waals surface area contributed by atoms with Crippen molar-refractivity contribution in [1.82, 2.24) is 9.34 Å². The topological polar surface area (TPSA) is 32.8 Å². The van der Waals surface area contributed by atoms with E-state index in [9.17, 15) is 4.57 Å². The lowest BCUT2D eigenvalue weighted by Gasteiger charge is -2.37. The van der Waals surface area contributed by atoms with Crippen molar-refractivity contribution in [2.45, 2.75) is 6.92 Å². The monoisotopic (exact) mass is 372 g/mol. The Bertz CT molecular complexity index is 242. The van der Waals surface area contributed by atoms with Gasteiger partial charge in [-0.25, -0.2) is 9.34 Å². The third kappa shape index (κ3) is 6.71. The molecule has 0 heterocycles. The zero-order valence-corrected chi connectivity index (χ0v) is 15.0. The molecule has 0 aliphatic carbocycles. The summed E-state index contributed by atoms with van der Waals surface area (Å²) in [6.45, 7) is 3.88. The summed E-state index contributed by atoms with van der Waals surface area (Å²) in [7, 11) is -3.18. The first kappa shape index (κ1) is 20.3. The predicted octanol–water partition coefficient (Wildman–Crippen LogP) is 3.69. The van der Waals surface area contributed by atoms with Gasteiger partial charge in [0.25, 0.3) is 0 Å². The highest BCUT2D eigenvalue weighted by atomic mass is 35.5. The molecule has 0 amide bonds. The second-order valence-electron chi connectivity index (χ2n) is 3.57. The van der Waals surface area contributed by atoms with Gasteiger partial charge in [0.2, 0.25) is 0 Å². The van der Waals surface area contributed by atoms with Crippen LogP contribution in [0.2, 0.25) is 0 Å². The minimum absolute atomic E-state index is 0.333. The Morgan fingerprint density at radius 3 is 1.37 bits per heavy atom. The summed E-state index contributed by atoms with van der Waals surface area (Å²) < 4.78 is 22.1. The number of halogens is 4. The molecule has 0 atom stereocenters. The van der Waals surface area contributed by atoms with Crippen LogP contribution in [0.25, 0.3) is 0 Å². The van der Waals surface area contributed by atoms with Gasteiger partial charge >= 0.3 is 7.67 Å². The molecule has 0 saturated heterocycles. The Balaban J connectivity index is 5.17. The number of rotatable bonds is 12. The Labute approximate surface area is 135 Å². The molecule has 0 rings (SSSR count). The highest BCUT2D eigenvalue weighted by Gasteiger charge is 2.37. The number of hydrogen-bond donors (Lipinski definition) is 0. The number of hydrogen-bond acceptors (Lipinski definition) is 2. The van der Waals surface area contributed by atoms with Crippen molar-refractivity contribution in [3.8, 4) is 0 Å². The summed E-state index contributed by atoms with van der Waals surface area (Å²) in [4.78, 5) is 0. The summed E-state index contributed by atoms with van der Waals surface area (Å²) in [6.07, 6.45) is 0. The van der Waals surface area contributed by atoms with Gasteiger partial charge in [-0.15, -0.1) is 46.4 Å². The Morgan fingerprint density at radius 2 is 1.16 bits per heavy atom. The van der Waals surface area contributed by atoms with Crippen molar-refractivity contribution >= 4 is 54.1 Å². The van der Waals surface area contributed by atoms with E-state index in [4.69, 9.17) is 50.9 Å². The SMILES string of the molecule is CCOP(=O)(N(CCCl)CCCl)N(CCCl)CCCl. The summed E-state index contributed by atoms with van der Waals surface area (Å²) in [5.41, 5.74) is 0. The van der Waals surface area contributed by atoms with Gasteiger partial charge in [-0.2, -0.15) is 0 Å². The first-order valence-corrected chi connectivity index (χ1v) is 9.76. The van der Waals surface area contributed by atoms with Crippen LogP contribution in [0.4, 0.5) is 0 Å². The predicted molar refractivity (Wildman–Crippen MR) is 85.3 cm³/mol. The number of alkyl halides is 4. The number of nitrogens with zero attached hydrogens (tertiary/aromatic N) is 2. The average molecular weight is 374 g/mol. The fourth-order valence-electron chi connectivity index (χ4n) is 1.63. The zero-order chi connectivity index (χ0) is 14.7. The minimum atomic E-state index is -3.18. The highest BCUT2D eigenvalue weighted by Crippen LogP contribution is 2.54. The molecule has 116 valence electrons. The molecule has 0 unspecified atom stereocenters. The average Bonchev–Trinajstić information content (AvgIpc) is 2.38. The smallest absolute Gasteiger partial charge is 0.306 e. The molecule has 9 heteroatoms. The molecule has 0 aromatic rings. The van der Waals surface area contributed by atoms with Gasteiger partial charge in [-0.05, 0) is 6.92 Å². The molecule has 0 aromatic heterocycles. The first-order chi connectivity index (χ1) is 9.10. The van der Waals surface area contributed by atoms with Crippen LogP contribution in [-0.2, 0) is 9.09 Å². The quantitative estimate of drug-likeness (QED) is 0.386. The summed E-state index contributed by atoms with van der Waals surface area (Å²) >= 11 is 23.1. The summed E-state index contributed by atoms with van der Waals surface area (Å²) in [5.74, 6) is 1.40. The van der Waals surface area contributed by atoms with E-state index in [1.54, 1.807) is 16.3 Å². The Morgan fingerprint density at radius 1 is 0.842 bits per heavy atom. The lowest BCUT2D eigenvalue weighted by molar-refractivity contribution is 0.225. The third-order valence-electron chi connectivity index (χ3n) is 2.38. The van der Waals surface area contributed by atoms with E-state index in [0.717, 1.165) is 0 Å². The Kier molecular flexibility index (Phi) is 12.7. The molecule has 0 spiro atoms. The van der Waals surface area contributed by atoms with Crippen molar-refractivity contribution in [1.29, 1.82) is 0 Å². The maximum atomic E-state index is 13.2. The standard InChI is InChI=1S/C10H21Cl4N2O2P/c1-2-18-19(17,15(7-3-11)8-4-12)16(9-5-13)10-6-14/h2-10H2,1H3. The van der Waals surface area contributed by atoms with E-state index in [-0.39, 0.29) is 0 Å². The maximum absolute atomic E-state index is 13.2. The van der Waals surface area contributed by atoms with Gasteiger partial charge in [0.1, 0.15) is 0 Å². The molecule has 4 nitrogen and oxygen atoms in total. The molecule has 0 saturated carbocycles. The lowest BCUT2D eigenvalue weighted by Crippen LogP contribution is -2.37. The molecule has 19 heavy (non-hydrogen) atoms. The van der Waals surface area contributed by atoms with E-state index in [2.05, 4.69) is 0 Å². The van der Waals surface area contributed by atoms with E-state index in [1.165, 1.54) is 0 Å². The molecular weight excluding hydrogens is 353 g/mol. The summed E-state index contributed by atoms with van der Waals surface area (Å²) in [6, 6.07) is 0. The lowest BCUT2D eigenvalue weighted by atomic mass is 10.6. The first-order valence-electron chi connectivity index (χ1n) is 6.09. The fraction of sp³-hybridized carbons (Fsp3) is 1.00. The van der Waals surface area contributed by atoms with Gasteiger partial charge in [0.15, 0.2) is 0 Å². The van der Waals surface area contributed by atoms with Crippen LogP contribution in [0.3, 0.4) is 0 Å². The third-order valence-corrected chi connectivity index (χ3v) is 5.88. The van der Waals surface area contributed by atoms with E-state index in [0.29, 0.717) is 56.3 Å². The van der Waals surface area contributed by atoms with E-state index >= 15 is 0 Å². The van der Waals surface area contributed by atoms with Crippen LogP contribution in [0.5, 0.6) is 0 Å². The largest absolute Gasteiger partial charge is 0.346 e. The van der Waals surface area contributed by atoms with Gasteiger partial charge < -0.3 is 4.52 Å². The van der Waals surface area contributed by atoms with Crippen molar-refractivity contribution in [3.63, 3.8) is 0 Å². The summed E-state index contributed by atoms with van der Waals surface area (Å²) in [5, 5.41) is 0.